The second kappa shape index (κ2) is 4.87. The Morgan fingerprint density at radius 2 is 1.94 bits per heavy atom. The van der Waals surface area contributed by atoms with Crippen molar-refractivity contribution in [3.63, 3.8) is 0 Å². The third-order valence-corrected chi connectivity index (χ3v) is 3.46. The highest BCUT2D eigenvalue weighted by molar-refractivity contribution is 9.10. The molecular weight excluding hydrogens is 284 g/mol. The molecule has 1 unspecified atom stereocenters. The average molecular weight is 297 g/mol. The minimum atomic E-state index is -0.453. The molecule has 1 aliphatic rings. The van der Waals surface area contributed by atoms with Crippen LogP contribution in [-0.4, -0.2) is 29.3 Å². The SMILES string of the molecule is NC(=O)C1CCCN1C(=O)c1ccc(Br)cc1. The number of hydrogen-bond acceptors (Lipinski definition) is 2. The number of carbonyl (C=O) groups excluding carboxylic acids is 2. The highest BCUT2D eigenvalue weighted by Gasteiger charge is 2.32. The van der Waals surface area contributed by atoms with Crippen LogP contribution in [0.15, 0.2) is 28.7 Å². The Hall–Kier alpha value is -1.36. The molecule has 2 N–H and O–H groups in total. The Bertz CT molecular complexity index is 444. The molecule has 90 valence electrons. The monoisotopic (exact) mass is 296 g/mol. The van der Waals surface area contributed by atoms with Gasteiger partial charge in [-0.3, -0.25) is 9.59 Å². The molecule has 1 saturated heterocycles. The van der Waals surface area contributed by atoms with Gasteiger partial charge < -0.3 is 10.6 Å². The number of rotatable bonds is 2. The summed E-state index contributed by atoms with van der Waals surface area (Å²) in [5.74, 6) is -0.549. The molecule has 1 aliphatic heterocycles. The number of amides is 2. The topological polar surface area (TPSA) is 63.4 Å². The first-order chi connectivity index (χ1) is 8.09. The third kappa shape index (κ3) is 2.49. The molecule has 5 heteroatoms. The molecule has 4 nitrogen and oxygen atoms in total. The number of halogens is 1. The summed E-state index contributed by atoms with van der Waals surface area (Å²) in [4.78, 5) is 25.0. The van der Waals surface area contributed by atoms with E-state index in [9.17, 15) is 9.59 Å². The summed E-state index contributed by atoms with van der Waals surface area (Å²) >= 11 is 3.31. The lowest BCUT2D eigenvalue weighted by Gasteiger charge is -2.22. The average Bonchev–Trinajstić information content (AvgIpc) is 2.78. The zero-order chi connectivity index (χ0) is 12.4. The summed E-state index contributed by atoms with van der Waals surface area (Å²) < 4.78 is 0.918. The van der Waals surface area contributed by atoms with Crippen molar-refractivity contribution in [2.75, 3.05) is 6.54 Å². The Kier molecular flexibility index (Phi) is 3.47. The number of nitrogens with zero attached hydrogens (tertiary/aromatic N) is 1. The van der Waals surface area contributed by atoms with Crippen LogP contribution in [0, 0.1) is 0 Å². The molecule has 2 amide bonds. The van der Waals surface area contributed by atoms with Crippen LogP contribution in [0.25, 0.3) is 0 Å². The van der Waals surface area contributed by atoms with E-state index in [2.05, 4.69) is 15.9 Å². The Labute approximate surface area is 108 Å². The van der Waals surface area contributed by atoms with Crippen molar-refractivity contribution in [1.82, 2.24) is 4.90 Å². The largest absolute Gasteiger partial charge is 0.368 e. The van der Waals surface area contributed by atoms with Crippen LogP contribution >= 0.6 is 15.9 Å². The highest BCUT2D eigenvalue weighted by atomic mass is 79.9. The van der Waals surface area contributed by atoms with E-state index in [4.69, 9.17) is 5.73 Å². The molecule has 0 aromatic heterocycles. The zero-order valence-electron chi connectivity index (χ0n) is 9.23. The minimum absolute atomic E-state index is 0.126. The van der Waals surface area contributed by atoms with Gasteiger partial charge in [-0.1, -0.05) is 15.9 Å². The molecule has 2 rings (SSSR count). The summed E-state index contributed by atoms with van der Waals surface area (Å²) in [5, 5.41) is 0. The first-order valence-corrected chi connectivity index (χ1v) is 6.25. The van der Waals surface area contributed by atoms with Crippen molar-refractivity contribution in [2.45, 2.75) is 18.9 Å². The minimum Gasteiger partial charge on any atom is -0.368 e. The van der Waals surface area contributed by atoms with Crippen LogP contribution < -0.4 is 5.73 Å². The summed E-state index contributed by atoms with van der Waals surface area (Å²) in [6.07, 6.45) is 1.49. The molecule has 0 aliphatic carbocycles. The van der Waals surface area contributed by atoms with Gasteiger partial charge in [0.05, 0.1) is 0 Å². The number of benzene rings is 1. The molecule has 1 aromatic carbocycles. The Morgan fingerprint density at radius 3 is 2.53 bits per heavy atom. The Balaban J connectivity index is 2.19. The quantitative estimate of drug-likeness (QED) is 0.900. The number of likely N-dealkylation sites (tertiary alicyclic amines) is 1. The van der Waals surface area contributed by atoms with E-state index in [-0.39, 0.29) is 5.91 Å². The van der Waals surface area contributed by atoms with Crippen molar-refractivity contribution in [3.8, 4) is 0 Å². The Morgan fingerprint density at radius 1 is 1.29 bits per heavy atom. The molecule has 1 fully saturated rings. The van der Waals surface area contributed by atoms with E-state index in [0.717, 1.165) is 10.9 Å². The van der Waals surface area contributed by atoms with Gasteiger partial charge in [-0.2, -0.15) is 0 Å². The van der Waals surface area contributed by atoms with E-state index in [1.54, 1.807) is 17.0 Å². The van der Waals surface area contributed by atoms with E-state index < -0.39 is 11.9 Å². The second-order valence-electron chi connectivity index (χ2n) is 4.07. The summed E-state index contributed by atoms with van der Waals surface area (Å²) in [6.45, 7) is 0.600. The fraction of sp³-hybridized carbons (Fsp3) is 0.333. The van der Waals surface area contributed by atoms with E-state index >= 15 is 0 Å². The van der Waals surface area contributed by atoms with Crippen molar-refractivity contribution >= 4 is 27.7 Å². The maximum atomic E-state index is 12.2. The highest BCUT2D eigenvalue weighted by Crippen LogP contribution is 2.20. The molecule has 0 bridgehead atoms. The second-order valence-corrected chi connectivity index (χ2v) is 4.98. The van der Waals surface area contributed by atoms with Gasteiger partial charge in [0.2, 0.25) is 5.91 Å². The summed E-state index contributed by atoms with van der Waals surface area (Å²) in [6, 6.07) is 6.64. The van der Waals surface area contributed by atoms with Crippen LogP contribution in [-0.2, 0) is 4.79 Å². The normalized spacial score (nSPS) is 19.4. The first kappa shape index (κ1) is 12.1. The number of primary amides is 1. The molecule has 17 heavy (non-hydrogen) atoms. The van der Waals surface area contributed by atoms with Crippen LogP contribution in [0.5, 0.6) is 0 Å². The third-order valence-electron chi connectivity index (χ3n) is 2.93. The lowest BCUT2D eigenvalue weighted by molar-refractivity contribution is -0.121. The van der Waals surface area contributed by atoms with E-state index in [1.807, 2.05) is 12.1 Å². The van der Waals surface area contributed by atoms with Gasteiger partial charge in [0.15, 0.2) is 0 Å². The summed E-state index contributed by atoms with van der Waals surface area (Å²) in [7, 11) is 0. The van der Waals surface area contributed by atoms with Gasteiger partial charge in [0.25, 0.3) is 5.91 Å². The number of hydrogen-bond donors (Lipinski definition) is 1. The van der Waals surface area contributed by atoms with Crippen molar-refractivity contribution in [3.05, 3.63) is 34.3 Å². The van der Waals surface area contributed by atoms with Crippen molar-refractivity contribution in [1.29, 1.82) is 0 Å². The van der Waals surface area contributed by atoms with Gasteiger partial charge in [0.1, 0.15) is 6.04 Å². The smallest absolute Gasteiger partial charge is 0.254 e. The first-order valence-electron chi connectivity index (χ1n) is 5.45. The van der Waals surface area contributed by atoms with Gasteiger partial charge in [-0.25, -0.2) is 0 Å². The summed E-state index contributed by atoms with van der Waals surface area (Å²) in [5.41, 5.74) is 5.87. The fourth-order valence-corrected chi connectivity index (χ4v) is 2.33. The van der Waals surface area contributed by atoms with E-state index in [0.29, 0.717) is 18.5 Å². The van der Waals surface area contributed by atoms with Crippen molar-refractivity contribution < 1.29 is 9.59 Å². The number of nitrogens with two attached hydrogens (primary N) is 1. The lowest BCUT2D eigenvalue weighted by atomic mass is 10.1. The number of carbonyl (C=O) groups is 2. The van der Waals surface area contributed by atoms with Gasteiger partial charge in [-0.05, 0) is 37.1 Å². The zero-order valence-corrected chi connectivity index (χ0v) is 10.8. The molecule has 1 heterocycles. The fourth-order valence-electron chi connectivity index (χ4n) is 2.06. The van der Waals surface area contributed by atoms with Gasteiger partial charge in [-0.15, -0.1) is 0 Å². The molecular formula is C12H13BrN2O2. The molecule has 0 radical (unpaired) electrons. The van der Waals surface area contributed by atoms with Crippen LogP contribution in [0.4, 0.5) is 0 Å². The van der Waals surface area contributed by atoms with Crippen LogP contribution in [0.1, 0.15) is 23.2 Å². The molecule has 1 aromatic rings. The van der Waals surface area contributed by atoms with Crippen LogP contribution in [0.3, 0.4) is 0 Å². The molecule has 0 spiro atoms. The maximum absolute atomic E-state index is 12.2. The standard InChI is InChI=1S/C12H13BrN2O2/c13-9-5-3-8(4-6-9)12(17)15-7-1-2-10(15)11(14)16/h3-6,10H,1-2,7H2,(H2,14,16). The lowest BCUT2D eigenvalue weighted by Crippen LogP contribution is -2.43. The maximum Gasteiger partial charge on any atom is 0.254 e. The van der Waals surface area contributed by atoms with Gasteiger partial charge >= 0.3 is 0 Å². The van der Waals surface area contributed by atoms with Crippen molar-refractivity contribution in [2.24, 2.45) is 5.73 Å². The predicted octanol–water partition coefficient (Wildman–Crippen LogP) is 1.54. The molecule has 0 saturated carbocycles. The van der Waals surface area contributed by atoms with E-state index in [1.165, 1.54) is 0 Å². The van der Waals surface area contributed by atoms with Gasteiger partial charge in [0, 0.05) is 16.6 Å². The van der Waals surface area contributed by atoms with Crippen LogP contribution in [0.2, 0.25) is 0 Å². The predicted molar refractivity (Wildman–Crippen MR) is 67.4 cm³/mol. The molecule has 1 atom stereocenters.